The highest BCUT2D eigenvalue weighted by atomic mass is 16.5. The molecule has 2 saturated carbocycles. The van der Waals surface area contributed by atoms with Gasteiger partial charge in [0.2, 0.25) is 11.7 Å². The number of amides is 2. The molecule has 230 valence electrons. The lowest BCUT2D eigenvalue weighted by molar-refractivity contribution is -0.156. The van der Waals surface area contributed by atoms with E-state index in [1.165, 1.54) is 0 Å². The summed E-state index contributed by atoms with van der Waals surface area (Å²) in [5.41, 5.74) is 5.86. The second kappa shape index (κ2) is 13.9. The molecule has 1 heterocycles. The summed E-state index contributed by atoms with van der Waals surface area (Å²) in [5, 5.41) is 0. The number of esters is 1. The molecule has 2 amide bonds. The minimum absolute atomic E-state index is 0.0562. The van der Waals surface area contributed by atoms with Crippen molar-refractivity contribution in [2.45, 2.75) is 104 Å². The van der Waals surface area contributed by atoms with Gasteiger partial charge < -0.3 is 15.4 Å². The average Bonchev–Trinajstić information content (AvgIpc) is 3.57. The van der Waals surface area contributed by atoms with Gasteiger partial charge in [0, 0.05) is 25.4 Å². The Kier molecular flexibility index (Phi) is 10.6. The van der Waals surface area contributed by atoms with Crippen molar-refractivity contribution in [2.24, 2.45) is 28.9 Å². The Morgan fingerprint density at radius 2 is 1.62 bits per heavy atom. The van der Waals surface area contributed by atoms with E-state index >= 15 is 0 Å². The van der Waals surface area contributed by atoms with Crippen molar-refractivity contribution in [1.82, 2.24) is 9.80 Å². The summed E-state index contributed by atoms with van der Waals surface area (Å²) in [4.78, 5) is 69.3. The number of carbonyl (C=O) groups is 5. The predicted octanol–water partition coefficient (Wildman–Crippen LogP) is 4.02. The van der Waals surface area contributed by atoms with Gasteiger partial charge in [0.25, 0.3) is 5.91 Å². The number of nitrogens with zero attached hydrogens (tertiary/aromatic N) is 2. The Balaban J connectivity index is 1.54. The molecule has 0 bridgehead atoms. The van der Waals surface area contributed by atoms with Crippen molar-refractivity contribution in [3.05, 3.63) is 35.9 Å². The first-order valence-corrected chi connectivity index (χ1v) is 15.5. The Morgan fingerprint density at radius 3 is 2.19 bits per heavy atom. The van der Waals surface area contributed by atoms with Crippen LogP contribution in [0.4, 0.5) is 0 Å². The van der Waals surface area contributed by atoms with Gasteiger partial charge in [-0.15, -0.1) is 0 Å². The fraction of sp³-hybridized carbons (Fsp3) is 0.667. The SMILES string of the molecule is CC(C)(C)[C@H](CC(=O)OC1CCCC1)C(=O)N1CN(Cc2ccccc2)C[C@H]1C(=O)CC(CC1CCC1)C(=O)C(N)=O. The third kappa shape index (κ3) is 8.27. The lowest BCUT2D eigenvalue weighted by Gasteiger charge is -2.35. The molecule has 4 rings (SSSR count). The predicted molar refractivity (Wildman–Crippen MR) is 158 cm³/mol. The number of primary amides is 1. The minimum atomic E-state index is -1.02. The molecule has 3 fully saturated rings. The Morgan fingerprint density at radius 1 is 0.952 bits per heavy atom. The van der Waals surface area contributed by atoms with Crippen LogP contribution in [0.3, 0.4) is 0 Å². The van der Waals surface area contributed by atoms with E-state index in [-0.39, 0.29) is 43.3 Å². The molecule has 0 spiro atoms. The summed E-state index contributed by atoms with van der Waals surface area (Å²) in [6.07, 6.45) is 6.97. The van der Waals surface area contributed by atoms with Gasteiger partial charge in [0.05, 0.1) is 19.0 Å². The van der Waals surface area contributed by atoms with E-state index < -0.39 is 35.0 Å². The van der Waals surface area contributed by atoms with Crippen molar-refractivity contribution in [1.29, 1.82) is 0 Å². The van der Waals surface area contributed by atoms with Gasteiger partial charge in [-0.25, -0.2) is 0 Å². The van der Waals surface area contributed by atoms with E-state index in [9.17, 15) is 24.0 Å². The number of hydrogen-bond donors (Lipinski definition) is 1. The molecule has 0 radical (unpaired) electrons. The number of Topliss-reactive ketones (excluding diaryl/α,β-unsaturated/α-hetero) is 2. The van der Waals surface area contributed by atoms with E-state index in [1.54, 1.807) is 4.90 Å². The first kappa shape index (κ1) is 31.9. The summed E-state index contributed by atoms with van der Waals surface area (Å²) in [5.74, 6) is -3.79. The van der Waals surface area contributed by atoms with Crippen LogP contribution in [0.15, 0.2) is 30.3 Å². The van der Waals surface area contributed by atoms with Gasteiger partial charge in [0.15, 0.2) is 5.78 Å². The molecule has 1 aromatic carbocycles. The Bertz CT molecular complexity index is 1140. The standard InChI is InChI=1S/C33H47N3O6/c1-33(2,3)26(18-29(38)42-25-14-7-8-15-25)32(41)36-21-35(19-23-10-5-4-6-11-23)20-27(36)28(37)17-24(30(39)31(34)40)16-22-12-9-13-22/h4-6,10-11,22,24-27H,7-9,12-21H2,1-3H3,(H2,34,40)/t24?,26-,27+/m1/s1. The van der Waals surface area contributed by atoms with Crippen molar-refractivity contribution >= 4 is 29.4 Å². The van der Waals surface area contributed by atoms with Crippen LogP contribution in [0, 0.1) is 23.2 Å². The fourth-order valence-corrected chi connectivity index (χ4v) is 6.53. The molecule has 1 unspecified atom stereocenters. The Labute approximate surface area is 249 Å². The molecule has 1 aromatic rings. The lowest BCUT2D eigenvalue weighted by Crippen LogP contribution is -2.49. The van der Waals surface area contributed by atoms with Crippen LogP contribution in [-0.4, -0.2) is 64.5 Å². The molecule has 0 aromatic heterocycles. The molecule has 3 aliphatic rings. The van der Waals surface area contributed by atoms with Crippen LogP contribution in [0.25, 0.3) is 0 Å². The first-order chi connectivity index (χ1) is 19.9. The second-order valence-corrected chi connectivity index (χ2v) is 13.6. The number of benzene rings is 1. The summed E-state index contributed by atoms with van der Waals surface area (Å²) in [6, 6.07) is 9.04. The zero-order valence-electron chi connectivity index (χ0n) is 25.4. The van der Waals surface area contributed by atoms with Crippen LogP contribution in [-0.2, 0) is 35.3 Å². The zero-order chi connectivity index (χ0) is 30.4. The van der Waals surface area contributed by atoms with Crippen LogP contribution in [0.1, 0.15) is 90.5 Å². The molecule has 2 N–H and O–H groups in total. The highest BCUT2D eigenvalue weighted by Crippen LogP contribution is 2.36. The van der Waals surface area contributed by atoms with E-state index in [2.05, 4.69) is 0 Å². The van der Waals surface area contributed by atoms with E-state index in [4.69, 9.17) is 10.5 Å². The average molecular weight is 582 g/mol. The number of rotatable bonds is 13. The number of ether oxygens (including phenoxy) is 1. The Hall–Kier alpha value is -3.07. The molecule has 9 nitrogen and oxygen atoms in total. The molecule has 42 heavy (non-hydrogen) atoms. The van der Waals surface area contributed by atoms with Crippen molar-refractivity contribution in [3.8, 4) is 0 Å². The van der Waals surface area contributed by atoms with E-state index in [1.807, 2.05) is 56.0 Å². The van der Waals surface area contributed by atoms with Gasteiger partial charge >= 0.3 is 5.97 Å². The van der Waals surface area contributed by atoms with Gasteiger partial charge in [-0.05, 0) is 49.0 Å². The summed E-state index contributed by atoms with van der Waals surface area (Å²) in [7, 11) is 0. The van der Waals surface area contributed by atoms with E-state index in [0.717, 1.165) is 50.5 Å². The lowest BCUT2D eigenvalue weighted by atomic mass is 9.76. The smallest absolute Gasteiger partial charge is 0.306 e. The molecule has 1 aliphatic heterocycles. The summed E-state index contributed by atoms with van der Waals surface area (Å²) < 4.78 is 5.71. The number of ketones is 2. The number of nitrogens with two attached hydrogens (primary N) is 1. The maximum atomic E-state index is 14.2. The molecule has 9 heteroatoms. The summed E-state index contributed by atoms with van der Waals surface area (Å²) >= 11 is 0. The fourth-order valence-electron chi connectivity index (χ4n) is 6.53. The molecule has 3 atom stereocenters. The normalized spacial score (nSPS) is 21.5. The van der Waals surface area contributed by atoms with Crippen molar-refractivity contribution in [3.63, 3.8) is 0 Å². The largest absolute Gasteiger partial charge is 0.462 e. The highest BCUT2D eigenvalue weighted by Gasteiger charge is 2.45. The van der Waals surface area contributed by atoms with Crippen LogP contribution >= 0.6 is 0 Å². The zero-order valence-corrected chi connectivity index (χ0v) is 25.4. The highest BCUT2D eigenvalue weighted by molar-refractivity contribution is 6.36. The maximum Gasteiger partial charge on any atom is 0.306 e. The number of hydrogen-bond acceptors (Lipinski definition) is 7. The van der Waals surface area contributed by atoms with Crippen molar-refractivity contribution < 1.29 is 28.7 Å². The minimum Gasteiger partial charge on any atom is -0.462 e. The molecule has 2 aliphatic carbocycles. The van der Waals surface area contributed by atoms with Gasteiger partial charge in [-0.1, -0.05) is 70.4 Å². The third-order valence-corrected chi connectivity index (χ3v) is 9.28. The number of carbonyl (C=O) groups excluding carboxylic acids is 5. The van der Waals surface area contributed by atoms with Crippen molar-refractivity contribution in [2.75, 3.05) is 13.2 Å². The quantitative estimate of drug-likeness (QED) is 0.275. The van der Waals surface area contributed by atoms with Gasteiger partial charge in [-0.3, -0.25) is 28.9 Å². The van der Waals surface area contributed by atoms with Gasteiger partial charge in [-0.2, -0.15) is 0 Å². The molecule has 1 saturated heterocycles. The summed E-state index contributed by atoms with van der Waals surface area (Å²) in [6.45, 7) is 6.85. The molecular weight excluding hydrogens is 534 g/mol. The maximum absolute atomic E-state index is 14.2. The van der Waals surface area contributed by atoms with E-state index in [0.29, 0.717) is 25.4 Å². The van der Waals surface area contributed by atoms with Crippen LogP contribution in [0.2, 0.25) is 0 Å². The van der Waals surface area contributed by atoms with Crippen LogP contribution in [0.5, 0.6) is 0 Å². The van der Waals surface area contributed by atoms with Gasteiger partial charge in [0.1, 0.15) is 12.1 Å². The monoisotopic (exact) mass is 581 g/mol. The first-order valence-electron chi connectivity index (χ1n) is 15.5. The third-order valence-electron chi connectivity index (χ3n) is 9.28. The molecular formula is C33H47N3O6. The second-order valence-electron chi connectivity index (χ2n) is 13.6. The van der Waals surface area contributed by atoms with Crippen LogP contribution < -0.4 is 5.73 Å². The topological polar surface area (TPSA) is 127 Å².